The predicted octanol–water partition coefficient (Wildman–Crippen LogP) is 2.32. The van der Waals surface area contributed by atoms with Crippen molar-refractivity contribution in [2.75, 3.05) is 13.6 Å². The normalized spacial score (nSPS) is 13.0. The number of nitrogens with zero attached hydrogens (tertiary/aromatic N) is 3. The van der Waals surface area contributed by atoms with Crippen molar-refractivity contribution in [3.63, 3.8) is 0 Å². The van der Waals surface area contributed by atoms with E-state index >= 15 is 0 Å². The van der Waals surface area contributed by atoms with Crippen molar-refractivity contribution in [1.82, 2.24) is 19.8 Å². The highest BCUT2D eigenvalue weighted by molar-refractivity contribution is 5.98. The van der Waals surface area contributed by atoms with Crippen LogP contribution in [0.4, 0.5) is 0 Å². The summed E-state index contributed by atoms with van der Waals surface area (Å²) >= 11 is 0. The lowest BCUT2D eigenvalue weighted by atomic mass is 10.1. The van der Waals surface area contributed by atoms with Gasteiger partial charge in [-0.3, -0.25) is 14.4 Å². The second-order valence-corrected chi connectivity index (χ2v) is 7.27. The van der Waals surface area contributed by atoms with Gasteiger partial charge in [-0.1, -0.05) is 30.3 Å². The Morgan fingerprint density at radius 2 is 1.90 bits per heavy atom. The van der Waals surface area contributed by atoms with E-state index in [0.717, 1.165) is 11.1 Å². The number of nitrogens with one attached hydrogen (secondary N) is 1. The Morgan fingerprint density at radius 1 is 1.14 bits per heavy atom. The maximum Gasteiger partial charge on any atom is 0.258 e. The van der Waals surface area contributed by atoms with E-state index < -0.39 is 0 Å². The highest BCUT2D eigenvalue weighted by Crippen LogP contribution is 2.22. The second kappa shape index (κ2) is 7.87. The third-order valence-corrected chi connectivity index (χ3v) is 5.19. The van der Waals surface area contributed by atoms with Gasteiger partial charge in [-0.15, -0.1) is 0 Å². The van der Waals surface area contributed by atoms with Crippen LogP contribution in [-0.4, -0.2) is 45.2 Å². The summed E-state index contributed by atoms with van der Waals surface area (Å²) < 4.78 is 0. The van der Waals surface area contributed by atoms with Gasteiger partial charge in [-0.05, 0) is 30.2 Å². The third-order valence-electron chi connectivity index (χ3n) is 5.19. The Balaban J connectivity index is 1.31. The number of aromatic nitrogens is 2. The molecule has 0 unspecified atom stereocenters. The van der Waals surface area contributed by atoms with Crippen LogP contribution in [-0.2, 0) is 17.9 Å². The van der Waals surface area contributed by atoms with E-state index in [1.54, 1.807) is 35.0 Å². The minimum Gasteiger partial charge on any atom is -0.338 e. The van der Waals surface area contributed by atoms with E-state index in [0.29, 0.717) is 42.7 Å². The molecule has 2 heterocycles. The lowest BCUT2D eigenvalue weighted by Crippen LogP contribution is -2.30. The van der Waals surface area contributed by atoms with Crippen LogP contribution in [0, 0.1) is 0 Å². The molecule has 1 aliphatic rings. The van der Waals surface area contributed by atoms with Crippen molar-refractivity contribution < 1.29 is 9.59 Å². The highest BCUT2D eigenvalue weighted by atomic mass is 16.2. The minimum absolute atomic E-state index is 0.0272. The molecule has 1 N–H and O–H groups in total. The van der Waals surface area contributed by atoms with Gasteiger partial charge in [0.15, 0.2) is 0 Å². The Hall–Kier alpha value is -3.48. The molecule has 0 saturated carbocycles. The molecule has 148 valence electrons. The lowest BCUT2D eigenvalue weighted by molar-refractivity contribution is -0.130. The van der Waals surface area contributed by atoms with Gasteiger partial charge in [-0.25, -0.2) is 4.98 Å². The number of fused-ring (bicyclic) bond motifs is 2. The van der Waals surface area contributed by atoms with Crippen molar-refractivity contribution in [3.05, 3.63) is 75.8 Å². The molecule has 1 aromatic heterocycles. The fraction of sp³-hybridized carbons (Fsp3) is 0.273. The van der Waals surface area contributed by atoms with Crippen molar-refractivity contribution >= 4 is 22.7 Å². The zero-order valence-electron chi connectivity index (χ0n) is 16.2. The molecule has 7 heteroatoms. The summed E-state index contributed by atoms with van der Waals surface area (Å²) in [5.74, 6) is 0.430. The summed E-state index contributed by atoms with van der Waals surface area (Å²) in [6.07, 6.45) is 0.916. The van der Waals surface area contributed by atoms with E-state index in [1.807, 2.05) is 30.3 Å². The predicted molar refractivity (Wildman–Crippen MR) is 109 cm³/mol. The van der Waals surface area contributed by atoms with Crippen LogP contribution >= 0.6 is 0 Å². The molecule has 2 aromatic carbocycles. The van der Waals surface area contributed by atoms with Gasteiger partial charge in [0, 0.05) is 32.1 Å². The molecule has 29 heavy (non-hydrogen) atoms. The standard InChI is InChI=1S/C22H22N4O3/c1-25(14-19-23-18-10-5-4-9-17(18)21(28)24-19)20(27)11-6-12-26-13-15-7-2-3-8-16(15)22(26)29/h2-5,7-10H,6,11-14H2,1H3,(H,23,24,28). The maximum atomic E-state index is 12.5. The first-order valence-corrected chi connectivity index (χ1v) is 9.62. The van der Waals surface area contributed by atoms with Gasteiger partial charge in [0.25, 0.3) is 11.5 Å². The third kappa shape index (κ3) is 3.89. The molecule has 4 rings (SSSR count). The SMILES string of the molecule is CN(Cc1nc2ccccc2c(=O)[nH]1)C(=O)CCCN1Cc2ccccc2C1=O. The van der Waals surface area contributed by atoms with Gasteiger partial charge >= 0.3 is 0 Å². The smallest absolute Gasteiger partial charge is 0.258 e. The Bertz CT molecular complexity index is 1140. The maximum absolute atomic E-state index is 12.5. The molecule has 0 radical (unpaired) electrons. The van der Waals surface area contributed by atoms with E-state index in [4.69, 9.17) is 0 Å². The highest BCUT2D eigenvalue weighted by Gasteiger charge is 2.26. The molecule has 0 saturated heterocycles. The van der Waals surface area contributed by atoms with Crippen LogP contribution in [0.15, 0.2) is 53.3 Å². The van der Waals surface area contributed by atoms with E-state index in [1.165, 1.54) is 0 Å². The van der Waals surface area contributed by atoms with Gasteiger partial charge in [0.05, 0.1) is 17.4 Å². The number of hydrogen-bond donors (Lipinski definition) is 1. The molecule has 0 spiro atoms. The van der Waals surface area contributed by atoms with E-state index in [9.17, 15) is 14.4 Å². The average Bonchev–Trinajstić information content (AvgIpc) is 3.04. The molecular weight excluding hydrogens is 368 g/mol. The molecular formula is C22H22N4O3. The van der Waals surface area contributed by atoms with Crippen molar-refractivity contribution in [1.29, 1.82) is 0 Å². The zero-order valence-corrected chi connectivity index (χ0v) is 16.2. The minimum atomic E-state index is -0.210. The molecule has 3 aromatic rings. The van der Waals surface area contributed by atoms with E-state index in [2.05, 4.69) is 9.97 Å². The Kier molecular flexibility index (Phi) is 5.12. The van der Waals surface area contributed by atoms with Gasteiger partial charge in [-0.2, -0.15) is 0 Å². The number of H-pyrrole nitrogens is 1. The summed E-state index contributed by atoms with van der Waals surface area (Å²) in [4.78, 5) is 47.5. The first-order valence-electron chi connectivity index (χ1n) is 9.62. The molecule has 0 bridgehead atoms. The summed E-state index contributed by atoms with van der Waals surface area (Å²) in [5.41, 5.74) is 2.19. The number of amides is 2. The van der Waals surface area contributed by atoms with Gasteiger partial charge in [0.2, 0.25) is 5.91 Å². The number of benzene rings is 2. The molecule has 2 amide bonds. The van der Waals surface area contributed by atoms with Gasteiger partial charge < -0.3 is 14.8 Å². The summed E-state index contributed by atoms with van der Waals surface area (Å²) in [6.45, 7) is 1.37. The molecule has 7 nitrogen and oxygen atoms in total. The Labute approximate surface area is 168 Å². The quantitative estimate of drug-likeness (QED) is 0.700. The zero-order chi connectivity index (χ0) is 20.4. The van der Waals surface area contributed by atoms with Crippen LogP contribution in [0.5, 0.6) is 0 Å². The topological polar surface area (TPSA) is 86.4 Å². The average molecular weight is 390 g/mol. The number of carbonyl (C=O) groups is 2. The van der Waals surface area contributed by atoms with Crippen LogP contribution < -0.4 is 5.56 Å². The summed E-state index contributed by atoms with van der Waals surface area (Å²) in [7, 11) is 1.69. The second-order valence-electron chi connectivity index (χ2n) is 7.27. The van der Waals surface area contributed by atoms with Crippen LogP contribution in [0.3, 0.4) is 0 Å². The van der Waals surface area contributed by atoms with Crippen LogP contribution in [0.1, 0.15) is 34.6 Å². The number of para-hydroxylation sites is 1. The molecule has 1 aliphatic heterocycles. The summed E-state index contributed by atoms with van der Waals surface area (Å²) in [6, 6.07) is 14.7. The largest absolute Gasteiger partial charge is 0.338 e. The number of aromatic amines is 1. The fourth-order valence-corrected chi connectivity index (χ4v) is 3.63. The first-order chi connectivity index (χ1) is 14.0. The molecule has 0 atom stereocenters. The fourth-order valence-electron chi connectivity index (χ4n) is 3.63. The molecule has 0 fully saturated rings. The number of rotatable bonds is 6. The Morgan fingerprint density at radius 3 is 2.72 bits per heavy atom. The monoisotopic (exact) mass is 390 g/mol. The van der Waals surface area contributed by atoms with Crippen molar-refractivity contribution in [2.45, 2.75) is 25.9 Å². The first kappa shape index (κ1) is 18.9. The van der Waals surface area contributed by atoms with Crippen molar-refractivity contribution in [2.24, 2.45) is 0 Å². The van der Waals surface area contributed by atoms with Crippen LogP contribution in [0.2, 0.25) is 0 Å². The van der Waals surface area contributed by atoms with Crippen LogP contribution in [0.25, 0.3) is 10.9 Å². The van der Waals surface area contributed by atoms with E-state index in [-0.39, 0.29) is 23.9 Å². The number of carbonyl (C=O) groups excluding carboxylic acids is 2. The molecule has 0 aliphatic carbocycles. The van der Waals surface area contributed by atoms with Crippen molar-refractivity contribution in [3.8, 4) is 0 Å². The number of hydrogen-bond acceptors (Lipinski definition) is 4. The summed E-state index contributed by atoms with van der Waals surface area (Å²) in [5, 5.41) is 0.529. The van der Waals surface area contributed by atoms with Gasteiger partial charge in [0.1, 0.15) is 5.82 Å². The lowest BCUT2D eigenvalue weighted by Gasteiger charge is -2.19.